The van der Waals surface area contributed by atoms with E-state index in [0.29, 0.717) is 6.42 Å². The predicted octanol–water partition coefficient (Wildman–Crippen LogP) is 1.70. The Balaban J connectivity index is 2.72. The van der Waals surface area contributed by atoms with Crippen LogP contribution in [0.3, 0.4) is 0 Å². The Bertz CT molecular complexity index is 379. The second kappa shape index (κ2) is 6.25. The van der Waals surface area contributed by atoms with Crippen LogP contribution < -0.4 is 11.1 Å². The van der Waals surface area contributed by atoms with E-state index >= 15 is 0 Å². The molecule has 0 fully saturated rings. The van der Waals surface area contributed by atoms with Crippen molar-refractivity contribution in [3.63, 3.8) is 0 Å². The average molecular weight is 236 g/mol. The molecule has 0 heterocycles. The zero-order valence-corrected chi connectivity index (χ0v) is 10.3. The summed E-state index contributed by atoms with van der Waals surface area (Å²) >= 11 is 0. The van der Waals surface area contributed by atoms with E-state index in [1.54, 1.807) is 12.1 Å². The number of primary amides is 1. The molecule has 0 saturated heterocycles. The number of benzene rings is 1. The van der Waals surface area contributed by atoms with Crippen LogP contribution in [-0.4, -0.2) is 17.1 Å². The smallest absolute Gasteiger partial charge is 0.218 e. The molecule has 1 rings (SSSR count). The highest BCUT2D eigenvalue weighted by Crippen LogP contribution is 2.26. The molecule has 94 valence electrons. The number of nitrogens with two attached hydrogens (primary N) is 1. The minimum Gasteiger partial charge on any atom is -0.508 e. The summed E-state index contributed by atoms with van der Waals surface area (Å²) in [6, 6.07) is 7.25. The van der Waals surface area contributed by atoms with Crippen LogP contribution in [0.1, 0.15) is 38.3 Å². The van der Waals surface area contributed by atoms with Crippen LogP contribution in [0.5, 0.6) is 5.75 Å². The molecule has 0 bridgehead atoms. The van der Waals surface area contributed by atoms with Gasteiger partial charge in [-0.25, -0.2) is 0 Å². The number of para-hydroxylation sites is 1. The lowest BCUT2D eigenvalue weighted by Crippen LogP contribution is -2.33. The Hall–Kier alpha value is -1.55. The molecule has 0 radical (unpaired) electrons. The number of phenolic OH excluding ortho intramolecular Hbond substituents is 1. The minimum absolute atomic E-state index is 0.00273. The van der Waals surface area contributed by atoms with Crippen LogP contribution in [0.25, 0.3) is 0 Å². The van der Waals surface area contributed by atoms with Crippen molar-refractivity contribution in [3.05, 3.63) is 29.8 Å². The number of aromatic hydroxyl groups is 1. The minimum atomic E-state index is -0.322. The van der Waals surface area contributed by atoms with E-state index in [-0.39, 0.29) is 23.7 Å². The van der Waals surface area contributed by atoms with Gasteiger partial charge < -0.3 is 16.2 Å². The molecule has 4 N–H and O–H groups in total. The van der Waals surface area contributed by atoms with E-state index in [1.807, 2.05) is 26.0 Å². The fourth-order valence-electron chi connectivity index (χ4n) is 1.91. The number of phenols is 1. The van der Waals surface area contributed by atoms with Gasteiger partial charge in [-0.2, -0.15) is 0 Å². The van der Waals surface area contributed by atoms with Crippen molar-refractivity contribution in [1.29, 1.82) is 0 Å². The Morgan fingerprint density at radius 2 is 2.12 bits per heavy atom. The largest absolute Gasteiger partial charge is 0.508 e. The lowest BCUT2D eigenvalue weighted by Gasteiger charge is -2.22. The Morgan fingerprint density at radius 1 is 1.47 bits per heavy atom. The molecule has 0 spiro atoms. The zero-order chi connectivity index (χ0) is 12.8. The van der Waals surface area contributed by atoms with Crippen molar-refractivity contribution < 1.29 is 9.90 Å². The molecule has 4 nitrogen and oxygen atoms in total. The predicted molar refractivity (Wildman–Crippen MR) is 67.5 cm³/mol. The number of hydrogen-bond acceptors (Lipinski definition) is 3. The van der Waals surface area contributed by atoms with E-state index < -0.39 is 0 Å². The maximum absolute atomic E-state index is 10.8. The van der Waals surface area contributed by atoms with E-state index in [2.05, 4.69) is 5.32 Å². The molecule has 2 unspecified atom stereocenters. The quantitative estimate of drug-likeness (QED) is 0.703. The second-order valence-electron chi connectivity index (χ2n) is 4.26. The summed E-state index contributed by atoms with van der Waals surface area (Å²) in [5, 5.41) is 13.1. The van der Waals surface area contributed by atoms with E-state index in [0.717, 1.165) is 12.0 Å². The summed E-state index contributed by atoms with van der Waals surface area (Å²) in [4.78, 5) is 10.8. The fraction of sp³-hybridized carbons (Fsp3) is 0.462. The van der Waals surface area contributed by atoms with Crippen molar-refractivity contribution >= 4 is 5.91 Å². The standard InChI is InChI=1S/C13H20N2O2/c1-3-11(15-9(2)8-13(14)17)10-6-4-5-7-12(10)16/h4-7,9,11,15-16H,3,8H2,1-2H3,(H2,14,17). The van der Waals surface area contributed by atoms with Crippen molar-refractivity contribution in [2.24, 2.45) is 5.73 Å². The molecule has 1 amide bonds. The van der Waals surface area contributed by atoms with Gasteiger partial charge in [0.15, 0.2) is 0 Å². The molecule has 4 heteroatoms. The lowest BCUT2D eigenvalue weighted by molar-refractivity contribution is -0.118. The SMILES string of the molecule is CCC(NC(C)CC(N)=O)c1ccccc1O. The van der Waals surface area contributed by atoms with Gasteiger partial charge in [0, 0.05) is 24.1 Å². The van der Waals surface area contributed by atoms with Crippen LogP contribution in [0.15, 0.2) is 24.3 Å². The van der Waals surface area contributed by atoms with Gasteiger partial charge in [-0.1, -0.05) is 25.1 Å². The zero-order valence-electron chi connectivity index (χ0n) is 10.3. The summed E-state index contributed by atoms with van der Waals surface area (Å²) < 4.78 is 0. The molecule has 0 aliphatic carbocycles. The monoisotopic (exact) mass is 236 g/mol. The van der Waals surface area contributed by atoms with Gasteiger partial charge in [-0.15, -0.1) is 0 Å². The number of rotatable bonds is 6. The first-order valence-corrected chi connectivity index (χ1v) is 5.86. The van der Waals surface area contributed by atoms with Gasteiger partial charge in [0.25, 0.3) is 0 Å². The molecular formula is C13H20N2O2. The van der Waals surface area contributed by atoms with Crippen LogP contribution >= 0.6 is 0 Å². The molecule has 1 aromatic rings. The van der Waals surface area contributed by atoms with E-state index in [1.165, 1.54) is 0 Å². The van der Waals surface area contributed by atoms with Gasteiger partial charge in [0.05, 0.1) is 0 Å². The number of nitrogens with one attached hydrogen (secondary N) is 1. The summed E-state index contributed by atoms with van der Waals surface area (Å²) in [5.74, 6) is -0.0461. The van der Waals surface area contributed by atoms with Crippen LogP contribution in [0.4, 0.5) is 0 Å². The lowest BCUT2D eigenvalue weighted by atomic mass is 10.0. The van der Waals surface area contributed by atoms with E-state index in [4.69, 9.17) is 5.73 Å². The first-order valence-electron chi connectivity index (χ1n) is 5.86. The normalized spacial score (nSPS) is 14.2. The van der Waals surface area contributed by atoms with E-state index in [9.17, 15) is 9.90 Å². The fourth-order valence-corrected chi connectivity index (χ4v) is 1.91. The highest BCUT2D eigenvalue weighted by Gasteiger charge is 2.16. The average Bonchev–Trinajstić information content (AvgIpc) is 2.26. The number of carbonyl (C=O) groups excluding carboxylic acids is 1. The van der Waals surface area contributed by atoms with Gasteiger partial charge in [0.2, 0.25) is 5.91 Å². The highest BCUT2D eigenvalue weighted by atomic mass is 16.3. The summed E-state index contributed by atoms with van der Waals surface area (Å²) in [5.41, 5.74) is 6.00. The summed E-state index contributed by atoms with van der Waals surface area (Å²) in [6.07, 6.45) is 1.13. The van der Waals surface area contributed by atoms with Crippen molar-refractivity contribution in [2.45, 2.75) is 38.8 Å². The third-order valence-corrected chi connectivity index (χ3v) is 2.71. The first kappa shape index (κ1) is 13.5. The topological polar surface area (TPSA) is 75.3 Å². The number of carbonyl (C=O) groups is 1. The number of hydrogen-bond donors (Lipinski definition) is 3. The summed E-state index contributed by atoms with van der Waals surface area (Å²) in [7, 11) is 0. The molecule has 17 heavy (non-hydrogen) atoms. The first-order chi connectivity index (χ1) is 8.04. The molecule has 0 aliphatic rings. The molecular weight excluding hydrogens is 216 g/mol. The maximum Gasteiger partial charge on any atom is 0.218 e. The summed E-state index contributed by atoms with van der Waals surface area (Å²) in [6.45, 7) is 3.94. The van der Waals surface area contributed by atoms with Gasteiger partial charge in [0.1, 0.15) is 5.75 Å². The molecule has 0 saturated carbocycles. The highest BCUT2D eigenvalue weighted by molar-refractivity contribution is 5.74. The molecule has 1 aromatic carbocycles. The van der Waals surface area contributed by atoms with Crippen molar-refractivity contribution in [3.8, 4) is 5.75 Å². The van der Waals surface area contributed by atoms with Crippen molar-refractivity contribution in [2.75, 3.05) is 0 Å². The van der Waals surface area contributed by atoms with Gasteiger partial charge in [-0.05, 0) is 19.4 Å². The maximum atomic E-state index is 10.8. The third kappa shape index (κ3) is 4.07. The third-order valence-electron chi connectivity index (χ3n) is 2.71. The molecule has 0 aromatic heterocycles. The Kier molecular flexibility index (Phi) is 4.97. The molecule has 0 aliphatic heterocycles. The Labute approximate surface area is 102 Å². The Morgan fingerprint density at radius 3 is 2.65 bits per heavy atom. The van der Waals surface area contributed by atoms with Gasteiger partial charge in [-0.3, -0.25) is 4.79 Å². The van der Waals surface area contributed by atoms with Crippen molar-refractivity contribution in [1.82, 2.24) is 5.32 Å². The van der Waals surface area contributed by atoms with Gasteiger partial charge >= 0.3 is 0 Å². The molecule has 2 atom stereocenters. The van der Waals surface area contributed by atoms with Crippen LogP contribution in [-0.2, 0) is 4.79 Å². The number of amides is 1. The second-order valence-corrected chi connectivity index (χ2v) is 4.26. The van der Waals surface area contributed by atoms with Crippen LogP contribution in [0, 0.1) is 0 Å². The van der Waals surface area contributed by atoms with Crippen LogP contribution in [0.2, 0.25) is 0 Å².